The second kappa shape index (κ2) is 5.76. The van der Waals surface area contributed by atoms with Crippen LogP contribution < -0.4 is 0 Å². The van der Waals surface area contributed by atoms with Gasteiger partial charge in [0.1, 0.15) is 0 Å². The number of allylic oxidation sites excluding steroid dienone is 3. The number of aromatic amines is 1. The maximum absolute atomic E-state index is 11.0. The molecule has 0 bridgehead atoms. The van der Waals surface area contributed by atoms with Crippen molar-refractivity contribution in [2.24, 2.45) is 34.5 Å². The molecule has 4 aliphatic carbocycles. The molecule has 1 aromatic heterocycles. The highest BCUT2D eigenvalue weighted by atomic mass is 16.3. The molecule has 0 aromatic carbocycles. The van der Waals surface area contributed by atoms with Gasteiger partial charge in [0, 0.05) is 29.3 Å². The standard InChI is InChI=1S/C24H33NO2/c1-14-11-15-12-16(26)6-8-23(15,2)17-7-9-24(3)18(21(14)17)13-20(27)22(24)19-5-4-10-25-19/h4-5,10-11,14,16-18,21,25-27H,6-9,12-13H2,1-3H3/t14-,16-,17-,18-,21+,23-,24-/m0/s1. The molecule has 0 radical (unpaired) electrons. The summed E-state index contributed by atoms with van der Waals surface area (Å²) in [5.74, 6) is 2.92. The van der Waals surface area contributed by atoms with Crippen molar-refractivity contribution in [1.29, 1.82) is 0 Å². The van der Waals surface area contributed by atoms with Crippen molar-refractivity contribution >= 4 is 5.57 Å². The van der Waals surface area contributed by atoms with E-state index in [4.69, 9.17) is 0 Å². The highest BCUT2D eigenvalue weighted by Gasteiger charge is 2.60. The van der Waals surface area contributed by atoms with Gasteiger partial charge >= 0.3 is 0 Å². The van der Waals surface area contributed by atoms with Gasteiger partial charge in [0.15, 0.2) is 0 Å². The van der Waals surface area contributed by atoms with Gasteiger partial charge in [0.25, 0.3) is 0 Å². The lowest BCUT2D eigenvalue weighted by Crippen LogP contribution is -2.52. The minimum atomic E-state index is -0.154. The van der Waals surface area contributed by atoms with Crippen LogP contribution in [0.1, 0.15) is 65.0 Å². The molecule has 0 spiro atoms. The van der Waals surface area contributed by atoms with Crippen molar-refractivity contribution in [3.63, 3.8) is 0 Å². The van der Waals surface area contributed by atoms with Crippen LogP contribution >= 0.6 is 0 Å². The molecular weight excluding hydrogens is 334 g/mol. The summed E-state index contributed by atoms with van der Waals surface area (Å²) in [7, 11) is 0. The topological polar surface area (TPSA) is 56.2 Å². The fraction of sp³-hybridized carbons (Fsp3) is 0.667. The van der Waals surface area contributed by atoms with Gasteiger partial charge in [0.2, 0.25) is 0 Å². The van der Waals surface area contributed by atoms with E-state index >= 15 is 0 Å². The van der Waals surface area contributed by atoms with Gasteiger partial charge in [0.05, 0.1) is 11.9 Å². The Hall–Kier alpha value is -1.48. The second-order valence-electron chi connectivity index (χ2n) is 10.2. The number of aliphatic hydroxyl groups excluding tert-OH is 2. The van der Waals surface area contributed by atoms with Crippen molar-refractivity contribution in [3.05, 3.63) is 41.4 Å². The number of aromatic nitrogens is 1. The first-order chi connectivity index (χ1) is 12.8. The Labute approximate surface area is 162 Å². The molecule has 1 heterocycles. The van der Waals surface area contributed by atoms with Crippen LogP contribution in [0.3, 0.4) is 0 Å². The lowest BCUT2D eigenvalue weighted by Gasteiger charge is -2.59. The van der Waals surface area contributed by atoms with Gasteiger partial charge in [-0.15, -0.1) is 0 Å². The summed E-state index contributed by atoms with van der Waals surface area (Å²) in [4.78, 5) is 3.35. The van der Waals surface area contributed by atoms with Crippen molar-refractivity contribution in [3.8, 4) is 0 Å². The third-order valence-corrected chi connectivity index (χ3v) is 8.94. The van der Waals surface area contributed by atoms with Gasteiger partial charge in [-0.2, -0.15) is 0 Å². The maximum atomic E-state index is 11.0. The van der Waals surface area contributed by atoms with Gasteiger partial charge in [-0.25, -0.2) is 0 Å². The number of fused-ring (bicyclic) bond motifs is 5. The number of nitrogens with one attached hydrogen (secondary N) is 1. The molecule has 146 valence electrons. The molecule has 3 N–H and O–H groups in total. The molecule has 27 heavy (non-hydrogen) atoms. The Kier molecular flexibility index (Phi) is 3.76. The van der Waals surface area contributed by atoms with Crippen LogP contribution in [0.2, 0.25) is 0 Å². The molecule has 4 aliphatic rings. The summed E-state index contributed by atoms with van der Waals surface area (Å²) in [5.41, 5.74) is 4.08. The Morgan fingerprint density at radius 3 is 2.59 bits per heavy atom. The van der Waals surface area contributed by atoms with Crippen molar-refractivity contribution in [2.45, 2.75) is 65.4 Å². The molecule has 5 rings (SSSR count). The van der Waals surface area contributed by atoms with Crippen LogP contribution in [-0.2, 0) is 0 Å². The summed E-state index contributed by atoms with van der Waals surface area (Å²) in [6.45, 7) is 7.23. The third-order valence-electron chi connectivity index (χ3n) is 8.94. The van der Waals surface area contributed by atoms with E-state index in [0.717, 1.165) is 37.8 Å². The molecule has 3 nitrogen and oxygen atoms in total. The van der Waals surface area contributed by atoms with E-state index in [2.05, 4.69) is 37.9 Å². The van der Waals surface area contributed by atoms with E-state index in [1.165, 1.54) is 17.6 Å². The molecule has 2 saturated carbocycles. The van der Waals surface area contributed by atoms with Gasteiger partial charge in [-0.1, -0.05) is 32.4 Å². The molecular formula is C24H33NO2. The molecule has 0 unspecified atom stereocenters. The zero-order chi connectivity index (χ0) is 19.0. The predicted molar refractivity (Wildman–Crippen MR) is 108 cm³/mol. The van der Waals surface area contributed by atoms with Crippen LogP contribution in [0.25, 0.3) is 5.57 Å². The highest BCUT2D eigenvalue weighted by Crippen LogP contribution is 2.68. The van der Waals surface area contributed by atoms with Crippen molar-refractivity contribution in [2.75, 3.05) is 0 Å². The molecule has 0 saturated heterocycles. The molecule has 0 amide bonds. The van der Waals surface area contributed by atoms with E-state index in [1.54, 1.807) is 0 Å². The van der Waals surface area contributed by atoms with E-state index in [0.29, 0.717) is 29.4 Å². The summed E-state index contributed by atoms with van der Waals surface area (Å²) in [6.07, 6.45) is 10.4. The lowest BCUT2D eigenvalue weighted by atomic mass is 9.45. The lowest BCUT2D eigenvalue weighted by molar-refractivity contribution is -0.0438. The van der Waals surface area contributed by atoms with E-state index in [9.17, 15) is 10.2 Å². The number of hydrogen-bond acceptors (Lipinski definition) is 2. The van der Waals surface area contributed by atoms with E-state index in [1.807, 2.05) is 12.3 Å². The number of H-pyrrole nitrogens is 1. The zero-order valence-corrected chi connectivity index (χ0v) is 16.8. The Balaban J connectivity index is 1.55. The number of aliphatic hydroxyl groups is 2. The predicted octanol–water partition coefficient (Wildman–Crippen LogP) is 5.46. The monoisotopic (exact) mass is 367 g/mol. The Bertz CT molecular complexity index is 806. The minimum Gasteiger partial charge on any atom is -0.512 e. The first-order valence-corrected chi connectivity index (χ1v) is 10.8. The van der Waals surface area contributed by atoms with E-state index in [-0.39, 0.29) is 16.9 Å². The molecule has 1 aromatic rings. The molecule has 0 aliphatic heterocycles. The summed E-state index contributed by atoms with van der Waals surface area (Å²) in [5, 5.41) is 21.2. The molecule has 3 heteroatoms. The smallest absolute Gasteiger partial charge is 0.0984 e. The normalized spacial score (nSPS) is 46.5. The second-order valence-corrected chi connectivity index (χ2v) is 10.2. The maximum Gasteiger partial charge on any atom is 0.0984 e. The molecule has 7 atom stereocenters. The van der Waals surface area contributed by atoms with Crippen LogP contribution in [0.4, 0.5) is 0 Å². The Morgan fingerprint density at radius 2 is 1.85 bits per heavy atom. The fourth-order valence-corrected chi connectivity index (χ4v) is 7.60. The molecule has 2 fully saturated rings. The van der Waals surface area contributed by atoms with Crippen LogP contribution in [-0.4, -0.2) is 21.3 Å². The largest absolute Gasteiger partial charge is 0.512 e. The quantitative estimate of drug-likeness (QED) is 0.577. The van der Waals surface area contributed by atoms with Gasteiger partial charge < -0.3 is 15.2 Å². The Morgan fingerprint density at radius 1 is 1.07 bits per heavy atom. The average Bonchev–Trinajstić information content (AvgIpc) is 3.21. The van der Waals surface area contributed by atoms with Gasteiger partial charge in [-0.05, 0) is 73.3 Å². The summed E-state index contributed by atoms with van der Waals surface area (Å²) in [6, 6.07) is 4.14. The van der Waals surface area contributed by atoms with Crippen molar-refractivity contribution in [1.82, 2.24) is 4.98 Å². The number of hydrogen-bond donors (Lipinski definition) is 3. The van der Waals surface area contributed by atoms with Crippen LogP contribution in [0.15, 0.2) is 35.7 Å². The van der Waals surface area contributed by atoms with Crippen molar-refractivity contribution < 1.29 is 10.2 Å². The summed E-state index contributed by atoms with van der Waals surface area (Å²) >= 11 is 0. The first-order valence-electron chi connectivity index (χ1n) is 10.8. The SMILES string of the molecule is C[C@H]1C=C2C[C@@H](O)CC[C@]2(C)[C@H]2CC[C@]3(C)C(c4ccc[nH]4)=C(O)C[C@H]3[C@H]12. The minimum absolute atomic E-state index is 0.0558. The summed E-state index contributed by atoms with van der Waals surface area (Å²) < 4.78 is 0. The van der Waals surface area contributed by atoms with Crippen LogP contribution in [0, 0.1) is 34.5 Å². The van der Waals surface area contributed by atoms with Crippen LogP contribution in [0.5, 0.6) is 0 Å². The van der Waals surface area contributed by atoms with Gasteiger partial charge in [-0.3, -0.25) is 0 Å². The fourth-order valence-electron chi connectivity index (χ4n) is 7.60. The zero-order valence-electron chi connectivity index (χ0n) is 16.8. The third kappa shape index (κ3) is 2.30. The average molecular weight is 368 g/mol. The van der Waals surface area contributed by atoms with E-state index < -0.39 is 0 Å². The number of rotatable bonds is 1. The first kappa shape index (κ1) is 17.6. The highest BCUT2D eigenvalue weighted by molar-refractivity contribution is 5.72.